The van der Waals surface area contributed by atoms with Crippen LogP contribution in [0.15, 0.2) is 60.7 Å². The highest BCUT2D eigenvalue weighted by Gasteiger charge is 2.37. The molecule has 3 heteroatoms. The molecule has 0 aliphatic carbocycles. The summed E-state index contributed by atoms with van der Waals surface area (Å²) >= 11 is 0. The van der Waals surface area contributed by atoms with Gasteiger partial charge in [-0.3, -0.25) is 4.90 Å². The molecule has 1 N–H and O–H groups in total. The Morgan fingerprint density at radius 1 is 1.00 bits per heavy atom. The van der Waals surface area contributed by atoms with Crippen LogP contribution in [0, 0.1) is 0 Å². The minimum atomic E-state index is -0.708. The molecule has 116 valence electrons. The van der Waals surface area contributed by atoms with Crippen molar-refractivity contribution >= 4 is 0 Å². The van der Waals surface area contributed by atoms with E-state index < -0.39 is 5.60 Å². The molecule has 0 spiro atoms. The summed E-state index contributed by atoms with van der Waals surface area (Å²) in [5, 5.41) is 10.8. The van der Waals surface area contributed by atoms with Gasteiger partial charge in [0.05, 0.1) is 13.2 Å². The van der Waals surface area contributed by atoms with Crippen LogP contribution < -0.4 is 0 Å². The third-order valence-electron chi connectivity index (χ3n) is 4.30. The highest BCUT2D eigenvalue weighted by atomic mass is 16.5. The van der Waals surface area contributed by atoms with E-state index >= 15 is 0 Å². The van der Waals surface area contributed by atoms with Crippen LogP contribution >= 0.6 is 0 Å². The molecule has 0 bridgehead atoms. The zero-order valence-electron chi connectivity index (χ0n) is 12.8. The average Bonchev–Trinajstić information content (AvgIpc) is 2.96. The molecule has 1 fully saturated rings. The third kappa shape index (κ3) is 3.74. The molecule has 0 saturated carbocycles. The van der Waals surface area contributed by atoms with Crippen LogP contribution in [0.4, 0.5) is 0 Å². The predicted octanol–water partition coefficient (Wildman–Crippen LogP) is 2.80. The monoisotopic (exact) mass is 297 g/mol. The number of ether oxygens (including phenoxy) is 1. The van der Waals surface area contributed by atoms with Gasteiger partial charge in [0.2, 0.25) is 0 Å². The molecule has 3 rings (SSSR count). The quantitative estimate of drug-likeness (QED) is 0.832. The molecule has 1 aliphatic heterocycles. The van der Waals surface area contributed by atoms with Crippen LogP contribution in [0.3, 0.4) is 0 Å². The maximum atomic E-state index is 10.8. The number of hydrogen-bond acceptors (Lipinski definition) is 3. The molecule has 1 unspecified atom stereocenters. The molecule has 0 aromatic heterocycles. The van der Waals surface area contributed by atoms with Crippen molar-refractivity contribution < 1.29 is 9.84 Å². The molecular weight excluding hydrogens is 274 g/mol. The van der Waals surface area contributed by atoms with Crippen molar-refractivity contribution in [1.82, 2.24) is 4.90 Å². The Morgan fingerprint density at radius 3 is 2.41 bits per heavy atom. The Kier molecular flexibility index (Phi) is 4.88. The van der Waals surface area contributed by atoms with Gasteiger partial charge in [0, 0.05) is 19.6 Å². The van der Waals surface area contributed by atoms with Gasteiger partial charge in [-0.05, 0) is 17.5 Å². The van der Waals surface area contributed by atoms with E-state index in [0.29, 0.717) is 19.8 Å². The molecule has 1 atom stereocenters. The fourth-order valence-corrected chi connectivity index (χ4v) is 3.00. The van der Waals surface area contributed by atoms with Gasteiger partial charge in [-0.1, -0.05) is 60.7 Å². The lowest BCUT2D eigenvalue weighted by atomic mass is 9.93. The second-order valence-corrected chi connectivity index (χ2v) is 5.96. The molecule has 1 heterocycles. The van der Waals surface area contributed by atoms with Crippen molar-refractivity contribution in [2.45, 2.75) is 18.6 Å². The Labute approximate surface area is 132 Å². The fraction of sp³-hybridized carbons (Fsp3) is 0.368. The number of hydrogen-bond donors (Lipinski definition) is 1. The summed E-state index contributed by atoms with van der Waals surface area (Å²) in [6, 6.07) is 20.2. The van der Waals surface area contributed by atoms with Crippen molar-refractivity contribution in [2.24, 2.45) is 0 Å². The molecular formula is C19H23NO2. The lowest BCUT2D eigenvalue weighted by Gasteiger charge is -2.24. The summed E-state index contributed by atoms with van der Waals surface area (Å²) in [5.74, 6) is 0. The van der Waals surface area contributed by atoms with Gasteiger partial charge >= 0.3 is 0 Å². The Hall–Kier alpha value is -1.68. The maximum absolute atomic E-state index is 10.8. The second kappa shape index (κ2) is 7.05. The smallest absolute Gasteiger partial charge is 0.103 e. The van der Waals surface area contributed by atoms with Gasteiger partial charge in [0.1, 0.15) is 5.60 Å². The molecule has 1 saturated heterocycles. The predicted molar refractivity (Wildman–Crippen MR) is 87.5 cm³/mol. The zero-order valence-corrected chi connectivity index (χ0v) is 12.8. The Morgan fingerprint density at radius 2 is 1.68 bits per heavy atom. The number of rotatable bonds is 6. The van der Waals surface area contributed by atoms with Crippen molar-refractivity contribution in [3.05, 3.63) is 71.8 Å². The van der Waals surface area contributed by atoms with Crippen LogP contribution in [-0.2, 0) is 16.9 Å². The summed E-state index contributed by atoms with van der Waals surface area (Å²) in [7, 11) is 0. The summed E-state index contributed by atoms with van der Waals surface area (Å²) in [6.07, 6.45) is 0.787. The highest BCUT2D eigenvalue weighted by Crippen LogP contribution is 2.31. The third-order valence-corrected chi connectivity index (χ3v) is 4.30. The Balaban J connectivity index is 1.44. The van der Waals surface area contributed by atoms with E-state index in [-0.39, 0.29) is 0 Å². The first-order valence-corrected chi connectivity index (χ1v) is 7.88. The average molecular weight is 297 g/mol. The number of aliphatic hydroxyl groups is 1. The standard InChI is InChI=1S/C19H23NO2/c21-19(18-9-5-2-6-10-18)11-12-20(16-19)13-14-22-15-17-7-3-1-4-8-17/h1-10,21H,11-16H2. The lowest BCUT2D eigenvalue weighted by molar-refractivity contribution is 0.0392. The van der Waals surface area contributed by atoms with E-state index in [9.17, 15) is 5.11 Å². The van der Waals surface area contributed by atoms with E-state index in [1.807, 2.05) is 48.5 Å². The summed E-state index contributed by atoms with van der Waals surface area (Å²) in [4.78, 5) is 2.28. The van der Waals surface area contributed by atoms with Gasteiger partial charge in [0.25, 0.3) is 0 Å². The van der Waals surface area contributed by atoms with Crippen LogP contribution in [0.25, 0.3) is 0 Å². The molecule has 0 radical (unpaired) electrons. The molecule has 0 amide bonds. The van der Waals surface area contributed by atoms with Crippen molar-refractivity contribution in [3.63, 3.8) is 0 Å². The topological polar surface area (TPSA) is 32.7 Å². The summed E-state index contributed by atoms with van der Waals surface area (Å²) in [5.41, 5.74) is 1.51. The summed E-state index contributed by atoms with van der Waals surface area (Å²) in [6.45, 7) is 3.81. The molecule has 1 aliphatic rings. The largest absolute Gasteiger partial charge is 0.384 e. The first-order chi connectivity index (χ1) is 10.8. The Bertz CT molecular complexity index is 573. The van der Waals surface area contributed by atoms with Crippen molar-refractivity contribution in [2.75, 3.05) is 26.2 Å². The van der Waals surface area contributed by atoms with Crippen LogP contribution in [-0.4, -0.2) is 36.2 Å². The van der Waals surface area contributed by atoms with Gasteiger partial charge in [-0.25, -0.2) is 0 Å². The highest BCUT2D eigenvalue weighted by molar-refractivity contribution is 5.24. The second-order valence-electron chi connectivity index (χ2n) is 5.96. The van der Waals surface area contributed by atoms with E-state index in [4.69, 9.17) is 4.74 Å². The maximum Gasteiger partial charge on any atom is 0.103 e. The number of β-amino-alcohol motifs (C(OH)–C–C–N with tert-alkyl or cyclic N) is 1. The molecule has 2 aromatic carbocycles. The van der Waals surface area contributed by atoms with Gasteiger partial charge in [0.15, 0.2) is 0 Å². The molecule has 22 heavy (non-hydrogen) atoms. The number of nitrogens with zero attached hydrogens (tertiary/aromatic N) is 1. The van der Waals surface area contributed by atoms with Crippen molar-refractivity contribution in [1.29, 1.82) is 0 Å². The number of likely N-dealkylation sites (tertiary alicyclic amines) is 1. The van der Waals surface area contributed by atoms with Crippen LogP contribution in [0.5, 0.6) is 0 Å². The first kappa shape index (κ1) is 15.2. The SMILES string of the molecule is OC1(c2ccccc2)CCN(CCOCc2ccccc2)C1. The lowest BCUT2D eigenvalue weighted by Crippen LogP contribution is -2.32. The summed E-state index contributed by atoms with van der Waals surface area (Å²) < 4.78 is 5.73. The minimum Gasteiger partial charge on any atom is -0.384 e. The first-order valence-electron chi connectivity index (χ1n) is 7.88. The molecule has 3 nitrogen and oxygen atoms in total. The fourth-order valence-electron chi connectivity index (χ4n) is 3.00. The van der Waals surface area contributed by atoms with Gasteiger partial charge < -0.3 is 9.84 Å². The van der Waals surface area contributed by atoms with Gasteiger partial charge in [-0.15, -0.1) is 0 Å². The molecule has 2 aromatic rings. The van der Waals surface area contributed by atoms with E-state index in [1.165, 1.54) is 5.56 Å². The number of benzene rings is 2. The van der Waals surface area contributed by atoms with E-state index in [1.54, 1.807) is 0 Å². The zero-order chi connectivity index (χ0) is 15.3. The van der Waals surface area contributed by atoms with Crippen LogP contribution in [0.2, 0.25) is 0 Å². The van der Waals surface area contributed by atoms with E-state index in [2.05, 4.69) is 17.0 Å². The van der Waals surface area contributed by atoms with E-state index in [0.717, 1.165) is 25.1 Å². The van der Waals surface area contributed by atoms with Gasteiger partial charge in [-0.2, -0.15) is 0 Å². The van der Waals surface area contributed by atoms with Crippen molar-refractivity contribution in [3.8, 4) is 0 Å². The minimum absolute atomic E-state index is 0.650. The van der Waals surface area contributed by atoms with Crippen LogP contribution in [0.1, 0.15) is 17.5 Å². The normalized spacial score (nSPS) is 22.0.